The summed E-state index contributed by atoms with van der Waals surface area (Å²) in [6.45, 7) is 0.697. The lowest BCUT2D eigenvalue weighted by Gasteiger charge is -2.28. The van der Waals surface area contributed by atoms with Gasteiger partial charge < -0.3 is 20.7 Å². The molecule has 5 nitrogen and oxygen atoms in total. The van der Waals surface area contributed by atoms with Gasteiger partial charge in [0.15, 0.2) is 5.96 Å². The van der Waals surface area contributed by atoms with E-state index < -0.39 is 12.2 Å². The van der Waals surface area contributed by atoms with E-state index in [9.17, 15) is 8.78 Å². The fourth-order valence-corrected chi connectivity index (χ4v) is 3.29. The quantitative estimate of drug-likeness (QED) is 0.777. The standard InChI is InChI=1S/C20H24F2N4O/c1-3-11-24-16-6-4-5-15(12-16)20(13-26(2)19(23)25-20)14-7-9-17(10-8-14)27-18(21)22/h4-10,12,18,24H,3,11,13H2,1-2H3,(H2,23,25). The average molecular weight is 374 g/mol. The summed E-state index contributed by atoms with van der Waals surface area (Å²) in [5, 5.41) is 3.38. The summed E-state index contributed by atoms with van der Waals surface area (Å²) in [4.78, 5) is 6.64. The predicted molar refractivity (Wildman–Crippen MR) is 103 cm³/mol. The molecule has 0 fully saturated rings. The summed E-state index contributed by atoms with van der Waals surface area (Å²) in [6.07, 6.45) is 1.02. The number of alkyl halides is 2. The van der Waals surface area contributed by atoms with E-state index in [-0.39, 0.29) is 5.75 Å². The van der Waals surface area contributed by atoms with Crippen molar-refractivity contribution >= 4 is 11.6 Å². The SMILES string of the molecule is CCCNc1cccc(C2(c3ccc(OC(F)F)cc3)CN(C)C(N)=N2)c1. The summed E-state index contributed by atoms with van der Waals surface area (Å²) in [6, 6.07) is 14.7. The second-order valence-corrected chi connectivity index (χ2v) is 6.60. The molecule has 2 aromatic carbocycles. The monoisotopic (exact) mass is 374 g/mol. The van der Waals surface area contributed by atoms with Gasteiger partial charge in [-0.3, -0.25) is 0 Å². The first-order valence-corrected chi connectivity index (χ1v) is 8.91. The topological polar surface area (TPSA) is 62.9 Å². The molecule has 144 valence electrons. The third kappa shape index (κ3) is 3.97. The molecule has 0 radical (unpaired) electrons. The third-order valence-electron chi connectivity index (χ3n) is 4.64. The van der Waals surface area contributed by atoms with Crippen molar-refractivity contribution in [3.8, 4) is 5.75 Å². The number of aliphatic imine (C=N–C) groups is 1. The van der Waals surface area contributed by atoms with E-state index in [0.29, 0.717) is 12.5 Å². The van der Waals surface area contributed by atoms with Gasteiger partial charge in [-0.1, -0.05) is 31.2 Å². The molecular weight excluding hydrogens is 350 g/mol. The van der Waals surface area contributed by atoms with Crippen molar-refractivity contribution in [1.29, 1.82) is 0 Å². The van der Waals surface area contributed by atoms with E-state index >= 15 is 0 Å². The largest absolute Gasteiger partial charge is 0.435 e. The molecule has 3 rings (SSSR count). The molecule has 1 unspecified atom stereocenters. The molecule has 2 aromatic rings. The average Bonchev–Trinajstić information content (AvgIpc) is 2.96. The summed E-state index contributed by atoms with van der Waals surface area (Å²) >= 11 is 0. The number of guanidine groups is 1. The van der Waals surface area contributed by atoms with Crippen LogP contribution in [-0.4, -0.2) is 37.6 Å². The van der Waals surface area contributed by atoms with Crippen LogP contribution in [0.15, 0.2) is 53.5 Å². The van der Waals surface area contributed by atoms with Gasteiger partial charge in [-0.05, 0) is 41.8 Å². The zero-order valence-corrected chi connectivity index (χ0v) is 15.5. The summed E-state index contributed by atoms with van der Waals surface area (Å²) < 4.78 is 29.3. The zero-order valence-electron chi connectivity index (χ0n) is 15.5. The molecule has 0 saturated carbocycles. The second-order valence-electron chi connectivity index (χ2n) is 6.60. The molecule has 0 aromatic heterocycles. The van der Waals surface area contributed by atoms with Gasteiger partial charge in [-0.2, -0.15) is 8.78 Å². The van der Waals surface area contributed by atoms with Gasteiger partial charge >= 0.3 is 6.61 Å². The Labute approximate surface area is 157 Å². The molecule has 1 aliphatic heterocycles. The molecular formula is C20H24F2N4O. The van der Waals surface area contributed by atoms with Gasteiger partial charge in [0.25, 0.3) is 0 Å². The first kappa shape index (κ1) is 18.9. The van der Waals surface area contributed by atoms with E-state index in [4.69, 9.17) is 10.7 Å². The molecule has 0 spiro atoms. The van der Waals surface area contributed by atoms with Gasteiger partial charge in [0.05, 0.1) is 6.54 Å². The molecule has 0 saturated heterocycles. The Morgan fingerprint density at radius 2 is 1.96 bits per heavy atom. The molecule has 0 amide bonds. The lowest BCUT2D eigenvalue weighted by molar-refractivity contribution is -0.0498. The van der Waals surface area contributed by atoms with Crippen LogP contribution in [-0.2, 0) is 5.54 Å². The fraction of sp³-hybridized carbons (Fsp3) is 0.350. The number of nitrogens with two attached hydrogens (primary N) is 1. The van der Waals surface area contributed by atoms with Crippen LogP contribution in [0.1, 0.15) is 24.5 Å². The van der Waals surface area contributed by atoms with Crippen molar-refractivity contribution in [3.63, 3.8) is 0 Å². The molecule has 1 aliphatic rings. The molecule has 27 heavy (non-hydrogen) atoms. The number of likely N-dealkylation sites (N-methyl/N-ethyl adjacent to an activating group) is 1. The van der Waals surface area contributed by atoms with Crippen LogP contribution < -0.4 is 15.8 Å². The summed E-state index contributed by atoms with van der Waals surface area (Å²) in [7, 11) is 1.88. The van der Waals surface area contributed by atoms with Crippen LogP contribution in [0.5, 0.6) is 5.75 Å². The normalized spacial score (nSPS) is 19.3. The number of anilines is 1. The number of nitrogens with one attached hydrogen (secondary N) is 1. The minimum absolute atomic E-state index is 0.116. The van der Waals surface area contributed by atoms with Crippen molar-refractivity contribution in [3.05, 3.63) is 59.7 Å². The van der Waals surface area contributed by atoms with E-state index in [1.807, 2.05) is 30.1 Å². The van der Waals surface area contributed by atoms with Crippen LogP contribution in [0, 0.1) is 0 Å². The van der Waals surface area contributed by atoms with Gasteiger partial charge in [0.1, 0.15) is 11.3 Å². The van der Waals surface area contributed by atoms with E-state index in [1.165, 1.54) is 12.1 Å². The van der Waals surface area contributed by atoms with Crippen LogP contribution in [0.25, 0.3) is 0 Å². The molecule has 0 aliphatic carbocycles. The number of hydrogen-bond acceptors (Lipinski definition) is 5. The maximum absolute atomic E-state index is 12.4. The summed E-state index contributed by atoms with van der Waals surface area (Å²) in [5.41, 5.74) is 8.24. The number of hydrogen-bond donors (Lipinski definition) is 2. The number of halogens is 2. The van der Waals surface area contributed by atoms with E-state index in [1.54, 1.807) is 12.1 Å². The highest BCUT2D eigenvalue weighted by atomic mass is 19.3. The van der Waals surface area contributed by atoms with Crippen molar-refractivity contribution in [2.24, 2.45) is 10.7 Å². The number of nitrogens with zero attached hydrogens (tertiary/aromatic N) is 2. The van der Waals surface area contributed by atoms with E-state index in [2.05, 4.69) is 23.0 Å². The Bertz CT molecular complexity index is 810. The minimum Gasteiger partial charge on any atom is -0.435 e. The molecule has 7 heteroatoms. The third-order valence-corrected chi connectivity index (χ3v) is 4.64. The Morgan fingerprint density at radius 1 is 1.22 bits per heavy atom. The fourth-order valence-electron chi connectivity index (χ4n) is 3.29. The molecule has 1 heterocycles. The lowest BCUT2D eigenvalue weighted by Crippen LogP contribution is -2.34. The highest BCUT2D eigenvalue weighted by Crippen LogP contribution is 2.39. The highest BCUT2D eigenvalue weighted by molar-refractivity contribution is 5.81. The van der Waals surface area contributed by atoms with Gasteiger partial charge in [0.2, 0.25) is 0 Å². The lowest BCUT2D eigenvalue weighted by atomic mass is 9.83. The zero-order chi connectivity index (χ0) is 19.4. The Balaban J connectivity index is 2.01. The first-order chi connectivity index (χ1) is 12.9. The smallest absolute Gasteiger partial charge is 0.387 e. The van der Waals surface area contributed by atoms with Crippen molar-refractivity contribution < 1.29 is 13.5 Å². The van der Waals surface area contributed by atoms with Crippen molar-refractivity contribution in [1.82, 2.24) is 4.90 Å². The predicted octanol–water partition coefficient (Wildman–Crippen LogP) is 3.61. The van der Waals surface area contributed by atoms with Crippen LogP contribution in [0.4, 0.5) is 14.5 Å². The number of benzene rings is 2. The number of ether oxygens (including phenoxy) is 1. The van der Waals surface area contributed by atoms with Gasteiger partial charge in [0, 0.05) is 19.3 Å². The van der Waals surface area contributed by atoms with Crippen molar-refractivity contribution in [2.75, 3.05) is 25.5 Å². The van der Waals surface area contributed by atoms with Gasteiger partial charge in [-0.25, -0.2) is 4.99 Å². The highest BCUT2D eigenvalue weighted by Gasteiger charge is 2.40. The Morgan fingerprint density at radius 3 is 2.56 bits per heavy atom. The Hall–Kier alpha value is -2.83. The number of rotatable bonds is 7. The Kier molecular flexibility index (Phi) is 5.48. The minimum atomic E-state index is -2.85. The van der Waals surface area contributed by atoms with Crippen LogP contribution in [0.2, 0.25) is 0 Å². The molecule has 3 N–H and O–H groups in total. The second kappa shape index (κ2) is 7.82. The van der Waals surface area contributed by atoms with E-state index in [0.717, 1.165) is 29.8 Å². The maximum atomic E-state index is 12.4. The molecule has 1 atom stereocenters. The maximum Gasteiger partial charge on any atom is 0.387 e. The molecule has 0 bridgehead atoms. The summed E-state index contributed by atoms with van der Waals surface area (Å²) in [5.74, 6) is 0.556. The van der Waals surface area contributed by atoms with Crippen LogP contribution in [0.3, 0.4) is 0 Å². The van der Waals surface area contributed by atoms with Crippen LogP contribution >= 0.6 is 0 Å². The van der Waals surface area contributed by atoms with Crippen molar-refractivity contribution in [2.45, 2.75) is 25.5 Å². The first-order valence-electron chi connectivity index (χ1n) is 8.91. The van der Waals surface area contributed by atoms with Gasteiger partial charge in [-0.15, -0.1) is 0 Å².